The molecule has 6 heteroatoms. The first-order valence-corrected chi connectivity index (χ1v) is 9.07. The average Bonchev–Trinajstić information content (AvgIpc) is 2.65. The molecule has 1 aromatic heterocycles. The van der Waals surface area contributed by atoms with Crippen LogP contribution in [-0.2, 0) is 4.79 Å². The molecule has 0 saturated heterocycles. The molecule has 3 aromatic rings. The topological polar surface area (TPSA) is 77.8 Å². The van der Waals surface area contributed by atoms with Crippen LogP contribution in [0.5, 0.6) is 11.5 Å². The van der Waals surface area contributed by atoms with Crippen LogP contribution in [0.1, 0.15) is 16.7 Å². The molecule has 6 nitrogen and oxygen atoms in total. The number of aryl methyl sites for hydroxylation is 3. The number of para-hydroxylation sites is 1. The van der Waals surface area contributed by atoms with Crippen LogP contribution in [0.25, 0.3) is 11.0 Å². The molecular weight excluding hydrogens is 358 g/mol. The molecular formula is C22H23NO5. The van der Waals surface area contributed by atoms with E-state index in [1.54, 1.807) is 18.2 Å². The third kappa shape index (κ3) is 4.71. The smallest absolute Gasteiger partial charge is 0.336 e. The lowest BCUT2D eigenvalue weighted by Gasteiger charge is -2.12. The summed E-state index contributed by atoms with van der Waals surface area (Å²) in [5.74, 6) is 1.06. The average molecular weight is 381 g/mol. The zero-order valence-electron chi connectivity index (χ0n) is 16.2. The summed E-state index contributed by atoms with van der Waals surface area (Å²) in [6, 6.07) is 12.6. The van der Waals surface area contributed by atoms with Crippen LogP contribution in [0.4, 0.5) is 0 Å². The number of carbonyl (C=O) groups excluding carboxylic acids is 1. The fourth-order valence-electron chi connectivity index (χ4n) is 2.97. The standard InChI is InChI=1S/C22H23NO5/c1-14-5-4-6-15(2)22(14)26-10-9-23-20(24)13-27-17-7-8-18-16(3)11-21(25)28-19(18)12-17/h4-8,11-12H,9-10,13H2,1-3H3,(H,23,24). The van der Waals surface area contributed by atoms with E-state index in [1.807, 2.05) is 39.0 Å². The Morgan fingerprint density at radius 2 is 1.75 bits per heavy atom. The van der Waals surface area contributed by atoms with E-state index in [9.17, 15) is 9.59 Å². The number of fused-ring (bicyclic) bond motifs is 1. The summed E-state index contributed by atoms with van der Waals surface area (Å²) in [6.07, 6.45) is 0. The summed E-state index contributed by atoms with van der Waals surface area (Å²) in [5, 5.41) is 3.59. The molecule has 0 spiro atoms. The van der Waals surface area contributed by atoms with E-state index in [0.29, 0.717) is 24.5 Å². The van der Waals surface area contributed by atoms with E-state index in [0.717, 1.165) is 27.8 Å². The number of nitrogens with one attached hydrogen (secondary N) is 1. The molecule has 0 fully saturated rings. The molecule has 28 heavy (non-hydrogen) atoms. The van der Waals surface area contributed by atoms with E-state index >= 15 is 0 Å². The van der Waals surface area contributed by atoms with Crippen LogP contribution in [0.2, 0.25) is 0 Å². The molecule has 2 aromatic carbocycles. The highest BCUT2D eigenvalue weighted by Gasteiger charge is 2.07. The maximum atomic E-state index is 12.0. The molecule has 0 saturated carbocycles. The Kier molecular flexibility index (Phi) is 5.99. The number of benzene rings is 2. The van der Waals surface area contributed by atoms with E-state index in [2.05, 4.69) is 5.32 Å². The molecule has 0 aliphatic carbocycles. The lowest BCUT2D eigenvalue weighted by Crippen LogP contribution is -2.32. The minimum atomic E-state index is -0.413. The normalized spacial score (nSPS) is 10.7. The second-order valence-corrected chi connectivity index (χ2v) is 6.61. The molecule has 1 heterocycles. The monoisotopic (exact) mass is 381 g/mol. The van der Waals surface area contributed by atoms with Crippen LogP contribution >= 0.6 is 0 Å². The van der Waals surface area contributed by atoms with Gasteiger partial charge in [-0.3, -0.25) is 4.79 Å². The Balaban J connectivity index is 1.48. The zero-order valence-corrected chi connectivity index (χ0v) is 16.2. The van der Waals surface area contributed by atoms with Gasteiger partial charge in [-0.2, -0.15) is 0 Å². The van der Waals surface area contributed by atoms with Crippen LogP contribution in [0, 0.1) is 20.8 Å². The van der Waals surface area contributed by atoms with Gasteiger partial charge in [0.05, 0.1) is 6.54 Å². The van der Waals surface area contributed by atoms with Gasteiger partial charge in [0.25, 0.3) is 5.91 Å². The van der Waals surface area contributed by atoms with Crippen molar-refractivity contribution in [2.24, 2.45) is 0 Å². The highest BCUT2D eigenvalue weighted by Crippen LogP contribution is 2.23. The van der Waals surface area contributed by atoms with Crippen molar-refractivity contribution < 1.29 is 18.7 Å². The van der Waals surface area contributed by atoms with Gasteiger partial charge in [-0.1, -0.05) is 18.2 Å². The van der Waals surface area contributed by atoms with Crippen molar-refractivity contribution in [3.8, 4) is 11.5 Å². The molecule has 0 radical (unpaired) electrons. The first kappa shape index (κ1) is 19.5. The third-order valence-electron chi connectivity index (χ3n) is 4.37. The summed E-state index contributed by atoms with van der Waals surface area (Å²) in [6.45, 7) is 6.43. The number of amides is 1. The molecule has 3 rings (SSSR count). The van der Waals surface area contributed by atoms with Crippen LogP contribution < -0.4 is 20.4 Å². The van der Waals surface area contributed by atoms with Gasteiger partial charge >= 0.3 is 5.63 Å². The van der Waals surface area contributed by atoms with Gasteiger partial charge in [0, 0.05) is 17.5 Å². The quantitative estimate of drug-likeness (QED) is 0.502. The fourth-order valence-corrected chi connectivity index (χ4v) is 2.97. The minimum absolute atomic E-state index is 0.134. The molecule has 0 aliphatic rings. The van der Waals surface area contributed by atoms with Gasteiger partial charge in [0.15, 0.2) is 6.61 Å². The van der Waals surface area contributed by atoms with Gasteiger partial charge in [0.1, 0.15) is 23.7 Å². The molecule has 0 atom stereocenters. The largest absolute Gasteiger partial charge is 0.491 e. The maximum Gasteiger partial charge on any atom is 0.336 e. The third-order valence-corrected chi connectivity index (χ3v) is 4.37. The number of hydrogen-bond acceptors (Lipinski definition) is 5. The Morgan fingerprint density at radius 1 is 1.00 bits per heavy atom. The maximum absolute atomic E-state index is 12.0. The Bertz CT molecular complexity index is 1030. The van der Waals surface area contributed by atoms with Crippen molar-refractivity contribution in [1.82, 2.24) is 5.32 Å². The van der Waals surface area contributed by atoms with Crippen LogP contribution in [0.15, 0.2) is 51.7 Å². The highest BCUT2D eigenvalue weighted by molar-refractivity contribution is 5.81. The molecule has 0 aliphatic heterocycles. The second kappa shape index (κ2) is 8.61. The summed E-state index contributed by atoms with van der Waals surface area (Å²) in [5.41, 5.74) is 2.98. The fraction of sp³-hybridized carbons (Fsp3) is 0.273. The summed E-state index contributed by atoms with van der Waals surface area (Å²) < 4.78 is 16.4. The summed E-state index contributed by atoms with van der Waals surface area (Å²) in [4.78, 5) is 23.5. The zero-order chi connectivity index (χ0) is 20.1. The molecule has 1 N–H and O–H groups in total. The lowest BCUT2D eigenvalue weighted by atomic mass is 10.1. The summed E-state index contributed by atoms with van der Waals surface area (Å²) >= 11 is 0. The van der Waals surface area contributed by atoms with Gasteiger partial charge in [0.2, 0.25) is 0 Å². The van der Waals surface area contributed by atoms with Crippen molar-refractivity contribution in [1.29, 1.82) is 0 Å². The number of hydrogen-bond donors (Lipinski definition) is 1. The summed E-state index contributed by atoms with van der Waals surface area (Å²) in [7, 11) is 0. The lowest BCUT2D eigenvalue weighted by molar-refractivity contribution is -0.123. The van der Waals surface area contributed by atoms with Crippen molar-refractivity contribution >= 4 is 16.9 Å². The predicted molar refractivity (Wildman–Crippen MR) is 107 cm³/mol. The Labute approximate surface area is 163 Å². The van der Waals surface area contributed by atoms with Gasteiger partial charge < -0.3 is 19.2 Å². The number of ether oxygens (including phenoxy) is 2. The molecule has 0 bridgehead atoms. The minimum Gasteiger partial charge on any atom is -0.491 e. The van der Waals surface area contributed by atoms with E-state index in [4.69, 9.17) is 13.9 Å². The second-order valence-electron chi connectivity index (χ2n) is 6.61. The van der Waals surface area contributed by atoms with Gasteiger partial charge in [-0.25, -0.2) is 4.79 Å². The van der Waals surface area contributed by atoms with Crippen molar-refractivity contribution in [3.63, 3.8) is 0 Å². The van der Waals surface area contributed by atoms with Crippen molar-refractivity contribution in [3.05, 3.63) is 69.6 Å². The predicted octanol–water partition coefficient (Wildman–Crippen LogP) is 3.29. The van der Waals surface area contributed by atoms with Crippen LogP contribution in [0.3, 0.4) is 0 Å². The van der Waals surface area contributed by atoms with Crippen LogP contribution in [-0.4, -0.2) is 25.7 Å². The number of carbonyl (C=O) groups is 1. The molecule has 0 unspecified atom stereocenters. The van der Waals surface area contributed by atoms with Crippen molar-refractivity contribution in [2.45, 2.75) is 20.8 Å². The Morgan fingerprint density at radius 3 is 2.50 bits per heavy atom. The molecule has 146 valence electrons. The Hall–Kier alpha value is -3.28. The van der Waals surface area contributed by atoms with E-state index < -0.39 is 5.63 Å². The van der Waals surface area contributed by atoms with Gasteiger partial charge in [-0.05, 0) is 49.6 Å². The molecule has 1 amide bonds. The van der Waals surface area contributed by atoms with E-state index in [1.165, 1.54) is 6.07 Å². The SMILES string of the molecule is Cc1cccc(C)c1OCCNC(=O)COc1ccc2c(C)cc(=O)oc2c1. The van der Waals surface area contributed by atoms with E-state index in [-0.39, 0.29) is 12.5 Å². The number of rotatable bonds is 7. The van der Waals surface area contributed by atoms with Crippen molar-refractivity contribution in [2.75, 3.05) is 19.8 Å². The highest BCUT2D eigenvalue weighted by atomic mass is 16.5. The first-order chi connectivity index (χ1) is 13.4. The first-order valence-electron chi connectivity index (χ1n) is 9.07. The van der Waals surface area contributed by atoms with Gasteiger partial charge in [-0.15, -0.1) is 0 Å².